The highest BCUT2D eigenvalue weighted by Crippen LogP contribution is 2.26. The molecule has 1 aliphatic rings. The first-order chi connectivity index (χ1) is 8.18. The number of aromatic nitrogens is 1. The summed E-state index contributed by atoms with van der Waals surface area (Å²) in [5.74, 6) is 0.853. The number of hydrogen-bond acceptors (Lipinski definition) is 3. The third kappa shape index (κ3) is 2.61. The lowest BCUT2D eigenvalue weighted by Crippen LogP contribution is -2.00. The predicted octanol–water partition coefficient (Wildman–Crippen LogP) is 3.01. The molecule has 0 unspecified atom stereocenters. The lowest BCUT2D eigenvalue weighted by molar-refractivity contribution is -0.116. The molecule has 1 aliphatic carbocycles. The third-order valence-electron chi connectivity index (χ3n) is 2.71. The summed E-state index contributed by atoms with van der Waals surface area (Å²) >= 11 is 0. The Morgan fingerprint density at radius 2 is 2.24 bits per heavy atom. The molecule has 0 saturated heterocycles. The Morgan fingerprint density at radius 1 is 1.41 bits per heavy atom. The van der Waals surface area contributed by atoms with E-state index in [2.05, 4.69) is 11.2 Å². The van der Waals surface area contributed by atoms with Crippen molar-refractivity contribution in [3.63, 3.8) is 0 Å². The van der Waals surface area contributed by atoms with Crippen LogP contribution in [0.15, 0.2) is 34.9 Å². The van der Waals surface area contributed by atoms with Crippen molar-refractivity contribution in [3.05, 3.63) is 47.4 Å². The molecule has 3 heteroatoms. The maximum atomic E-state index is 11.2. The number of carbonyl (C=O) groups excluding carboxylic acids is 1. The second-order valence-electron chi connectivity index (χ2n) is 4.15. The predicted molar refractivity (Wildman–Crippen MR) is 66.5 cm³/mol. The summed E-state index contributed by atoms with van der Waals surface area (Å²) in [5, 5.41) is 4.07. The highest BCUT2D eigenvalue weighted by atomic mass is 16.5. The Labute approximate surface area is 100 Å². The first-order valence-electron chi connectivity index (χ1n) is 5.66. The Kier molecular flexibility index (Phi) is 3.38. The Bertz CT molecular complexity index is 518. The lowest BCUT2D eigenvalue weighted by Gasteiger charge is -2.02. The molecule has 0 N–H and O–H groups in total. The van der Waals surface area contributed by atoms with Gasteiger partial charge in [-0.05, 0) is 25.8 Å². The van der Waals surface area contributed by atoms with Crippen molar-refractivity contribution in [1.29, 1.82) is 0 Å². The SMILES string of the molecule is CC(=O)Cc1c(C2=CC=CC=CC2)noc1C. The van der Waals surface area contributed by atoms with Gasteiger partial charge in [-0.1, -0.05) is 35.5 Å². The smallest absolute Gasteiger partial charge is 0.137 e. The van der Waals surface area contributed by atoms with Crippen molar-refractivity contribution in [2.45, 2.75) is 26.7 Å². The van der Waals surface area contributed by atoms with Crippen LogP contribution in [0.5, 0.6) is 0 Å². The molecular formula is C14H15NO2. The van der Waals surface area contributed by atoms with Crippen molar-refractivity contribution in [1.82, 2.24) is 5.16 Å². The van der Waals surface area contributed by atoms with Gasteiger partial charge in [-0.25, -0.2) is 0 Å². The van der Waals surface area contributed by atoms with Crippen molar-refractivity contribution >= 4 is 11.4 Å². The largest absolute Gasteiger partial charge is 0.361 e. The topological polar surface area (TPSA) is 43.1 Å². The molecule has 0 saturated carbocycles. The molecule has 0 bridgehead atoms. The lowest BCUT2D eigenvalue weighted by atomic mass is 10.00. The molecule has 2 rings (SSSR count). The van der Waals surface area contributed by atoms with E-state index in [4.69, 9.17) is 4.52 Å². The molecule has 0 aliphatic heterocycles. The van der Waals surface area contributed by atoms with Crippen LogP contribution in [0.4, 0.5) is 0 Å². The highest BCUT2D eigenvalue weighted by molar-refractivity contribution is 5.81. The van der Waals surface area contributed by atoms with Gasteiger partial charge in [0, 0.05) is 12.0 Å². The van der Waals surface area contributed by atoms with Gasteiger partial charge in [-0.2, -0.15) is 0 Å². The molecule has 17 heavy (non-hydrogen) atoms. The zero-order chi connectivity index (χ0) is 12.3. The maximum absolute atomic E-state index is 11.2. The molecule has 1 aromatic heterocycles. The molecule has 1 heterocycles. The van der Waals surface area contributed by atoms with Gasteiger partial charge in [0.1, 0.15) is 17.2 Å². The van der Waals surface area contributed by atoms with Crippen LogP contribution in [0.25, 0.3) is 5.57 Å². The highest BCUT2D eigenvalue weighted by Gasteiger charge is 2.17. The molecule has 0 fully saturated rings. The van der Waals surface area contributed by atoms with Gasteiger partial charge >= 0.3 is 0 Å². The molecule has 1 aromatic rings. The number of Topliss-reactive ketones (excluding diaryl/α,β-unsaturated/α-hetero) is 1. The Hall–Kier alpha value is -1.90. The Balaban J connectivity index is 2.38. The summed E-state index contributed by atoms with van der Waals surface area (Å²) < 4.78 is 5.20. The first-order valence-corrected chi connectivity index (χ1v) is 5.66. The van der Waals surface area contributed by atoms with E-state index in [1.807, 2.05) is 31.2 Å². The summed E-state index contributed by atoms with van der Waals surface area (Å²) in [5.41, 5.74) is 2.81. The standard InChI is InChI=1S/C14H15NO2/c1-10(16)9-13-11(2)17-15-14(13)12-7-5-3-4-6-8-12/h3-7H,8-9H2,1-2H3. The van der Waals surface area contributed by atoms with Gasteiger partial charge in [0.2, 0.25) is 0 Å². The van der Waals surface area contributed by atoms with Crippen molar-refractivity contribution < 1.29 is 9.32 Å². The van der Waals surface area contributed by atoms with Gasteiger partial charge < -0.3 is 4.52 Å². The van der Waals surface area contributed by atoms with Gasteiger partial charge in [-0.3, -0.25) is 4.79 Å². The second kappa shape index (κ2) is 4.95. The van der Waals surface area contributed by atoms with Gasteiger partial charge in [-0.15, -0.1) is 0 Å². The normalized spacial score (nSPS) is 14.6. The minimum Gasteiger partial charge on any atom is -0.361 e. The quantitative estimate of drug-likeness (QED) is 0.800. The first kappa shape index (κ1) is 11.6. The summed E-state index contributed by atoms with van der Waals surface area (Å²) in [6, 6.07) is 0. The van der Waals surface area contributed by atoms with E-state index < -0.39 is 0 Å². The van der Waals surface area contributed by atoms with E-state index in [0.717, 1.165) is 29.0 Å². The molecule has 88 valence electrons. The van der Waals surface area contributed by atoms with Gasteiger partial charge in [0.15, 0.2) is 0 Å². The van der Waals surface area contributed by atoms with E-state index in [1.165, 1.54) is 0 Å². The van der Waals surface area contributed by atoms with Crippen molar-refractivity contribution in [2.75, 3.05) is 0 Å². The number of nitrogens with zero attached hydrogens (tertiary/aromatic N) is 1. The molecule has 0 aromatic carbocycles. The Morgan fingerprint density at radius 3 is 3.00 bits per heavy atom. The van der Waals surface area contributed by atoms with Crippen molar-refractivity contribution in [3.8, 4) is 0 Å². The molecule has 3 nitrogen and oxygen atoms in total. The average molecular weight is 229 g/mol. The number of rotatable bonds is 3. The third-order valence-corrected chi connectivity index (χ3v) is 2.71. The fourth-order valence-electron chi connectivity index (χ4n) is 1.85. The van der Waals surface area contributed by atoms with Crippen LogP contribution in [0.3, 0.4) is 0 Å². The van der Waals surface area contributed by atoms with Crippen LogP contribution in [0.2, 0.25) is 0 Å². The number of ketones is 1. The van der Waals surface area contributed by atoms with Crippen LogP contribution < -0.4 is 0 Å². The fraction of sp³-hybridized carbons (Fsp3) is 0.286. The second-order valence-corrected chi connectivity index (χ2v) is 4.15. The van der Waals surface area contributed by atoms with Crippen LogP contribution in [0.1, 0.15) is 30.4 Å². The molecule has 0 radical (unpaired) electrons. The minimum absolute atomic E-state index is 0.123. The van der Waals surface area contributed by atoms with E-state index in [9.17, 15) is 4.79 Å². The van der Waals surface area contributed by atoms with E-state index in [0.29, 0.717) is 6.42 Å². The zero-order valence-electron chi connectivity index (χ0n) is 10.1. The number of allylic oxidation sites excluding steroid dienone is 6. The monoisotopic (exact) mass is 229 g/mol. The van der Waals surface area contributed by atoms with Gasteiger partial charge in [0.05, 0.1) is 0 Å². The van der Waals surface area contributed by atoms with Crippen LogP contribution >= 0.6 is 0 Å². The average Bonchev–Trinajstić information content (AvgIpc) is 2.55. The fourth-order valence-corrected chi connectivity index (χ4v) is 1.85. The number of hydrogen-bond donors (Lipinski definition) is 0. The molecule has 0 spiro atoms. The molecule has 0 amide bonds. The molecular weight excluding hydrogens is 214 g/mol. The minimum atomic E-state index is 0.123. The summed E-state index contributed by atoms with van der Waals surface area (Å²) in [4.78, 5) is 11.2. The van der Waals surface area contributed by atoms with E-state index in [-0.39, 0.29) is 5.78 Å². The van der Waals surface area contributed by atoms with Crippen LogP contribution in [-0.4, -0.2) is 10.9 Å². The van der Waals surface area contributed by atoms with Gasteiger partial charge in [0.25, 0.3) is 0 Å². The van der Waals surface area contributed by atoms with E-state index >= 15 is 0 Å². The van der Waals surface area contributed by atoms with Crippen LogP contribution in [-0.2, 0) is 11.2 Å². The number of aryl methyl sites for hydroxylation is 1. The summed E-state index contributed by atoms with van der Waals surface area (Å²) in [7, 11) is 0. The zero-order valence-corrected chi connectivity index (χ0v) is 10.1. The number of carbonyl (C=O) groups is 1. The summed E-state index contributed by atoms with van der Waals surface area (Å²) in [6.07, 6.45) is 11.2. The summed E-state index contributed by atoms with van der Waals surface area (Å²) in [6.45, 7) is 3.43. The maximum Gasteiger partial charge on any atom is 0.137 e. The van der Waals surface area contributed by atoms with Crippen LogP contribution in [0, 0.1) is 6.92 Å². The van der Waals surface area contributed by atoms with E-state index in [1.54, 1.807) is 6.92 Å². The van der Waals surface area contributed by atoms with Crippen molar-refractivity contribution in [2.24, 2.45) is 0 Å². The molecule has 0 atom stereocenters.